The molecule has 0 radical (unpaired) electrons. The van der Waals surface area contributed by atoms with Crippen LogP contribution in [0.1, 0.15) is 59.9 Å². The number of hydrogen-bond donors (Lipinski definition) is 1. The van der Waals surface area contributed by atoms with Gasteiger partial charge in [-0.15, -0.1) is 0 Å². The quantitative estimate of drug-likeness (QED) is 0.773. The van der Waals surface area contributed by atoms with E-state index in [-0.39, 0.29) is 35.9 Å². The highest BCUT2D eigenvalue weighted by molar-refractivity contribution is 5.80. The Balaban J connectivity index is 1.36. The van der Waals surface area contributed by atoms with E-state index in [1.165, 1.54) is 12.1 Å². The average molecular weight is 425 g/mol. The van der Waals surface area contributed by atoms with E-state index in [1.807, 2.05) is 18.7 Å². The molecule has 4 rings (SSSR count). The predicted molar refractivity (Wildman–Crippen MR) is 115 cm³/mol. The van der Waals surface area contributed by atoms with Crippen LogP contribution in [-0.2, 0) is 22.6 Å². The molecule has 0 unspecified atom stereocenters. The van der Waals surface area contributed by atoms with E-state index in [1.54, 1.807) is 12.1 Å². The Kier molecular flexibility index (Phi) is 6.30. The van der Waals surface area contributed by atoms with Gasteiger partial charge < -0.3 is 10.2 Å². The van der Waals surface area contributed by atoms with Gasteiger partial charge in [-0.3, -0.25) is 9.59 Å². The van der Waals surface area contributed by atoms with Crippen molar-refractivity contribution in [2.45, 2.75) is 58.4 Å². The molecule has 2 amide bonds. The van der Waals surface area contributed by atoms with Gasteiger partial charge in [0, 0.05) is 48.4 Å². The van der Waals surface area contributed by atoms with Crippen molar-refractivity contribution in [2.75, 3.05) is 13.1 Å². The average Bonchev–Trinajstić information content (AvgIpc) is 3.19. The van der Waals surface area contributed by atoms with Crippen molar-refractivity contribution >= 4 is 11.8 Å². The summed E-state index contributed by atoms with van der Waals surface area (Å²) in [4.78, 5) is 36.3. The normalized spacial score (nSPS) is 18.7. The summed E-state index contributed by atoms with van der Waals surface area (Å²) >= 11 is 0. The Labute approximate surface area is 182 Å². The van der Waals surface area contributed by atoms with Gasteiger partial charge >= 0.3 is 0 Å². The van der Waals surface area contributed by atoms with Gasteiger partial charge in [0.25, 0.3) is 0 Å². The molecule has 1 saturated carbocycles. The Morgan fingerprint density at radius 1 is 1.10 bits per heavy atom. The summed E-state index contributed by atoms with van der Waals surface area (Å²) in [6, 6.07) is 6.08. The first-order valence-corrected chi connectivity index (χ1v) is 11.0. The zero-order valence-corrected chi connectivity index (χ0v) is 18.2. The third-order valence-corrected chi connectivity index (χ3v) is 6.50. The fourth-order valence-electron chi connectivity index (χ4n) is 4.31. The van der Waals surface area contributed by atoms with Gasteiger partial charge in [-0.05, 0) is 50.8 Å². The minimum Gasteiger partial charge on any atom is -0.352 e. The van der Waals surface area contributed by atoms with Crippen LogP contribution in [0, 0.1) is 25.6 Å². The molecule has 2 aliphatic rings. The van der Waals surface area contributed by atoms with Gasteiger partial charge in [0.15, 0.2) is 0 Å². The number of hydrogen-bond acceptors (Lipinski definition) is 4. The molecule has 31 heavy (non-hydrogen) atoms. The molecular formula is C24H29FN4O2. The first-order chi connectivity index (χ1) is 14.9. The summed E-state index contributed by atoms with van der Waals surface area (Å²) in [6.07, 6.45) is 4.29. The second-order valence-corrected chi connectivity index (χ2v) is 8.71. The number of aryl methyl sites for hydroxylation is 2. The lowest BCUT2D eigenvalue weighted by Crippen LogP contribution is -2.37. The standard InChI is InChI=1S/C24H29FN4O2/c1-15-21(12-22(30)26-13-17-6-8-20(25)9-7-17)16(2)28-23(27-15)19-10-11-29(14-19)24(31)18-4-3-5-18/h6-9,18-19H,3-5,10-14H2,1-2H3,(H,26,30)/t19-/m0/s1. The maximum Gasteiger partial charge on any atom is 0.225 e. The highest BCUT2D eigenvalue weighted by Gasteiger charge is 2.35. The molecule has 2 fully saturated rings. The van der Waals surface area contributed by atoms with Gasteiger partial charge in [0.1, 0.15) is 11.6 Å². The van der Waals surface area contributed by atoms with E-state index in [2.05, 4.69) is 5.32 Å². The van der Waals surface area contributed by atoms with Gasteiger partial charge in [-0.1, -0.05) is 18.6 Å². The number of nitrogens with zero attached hydrogens (tertiary/aromatic N) is 3. The lowest BCUT2D eigenvalue weighted by Gasteiger charge is -2.29. The highest BCUT2D eigenvalue weighted by atomic mass is 19.1. The fraction of sp³-hybridized carbons (Fsp3) is 0.500. The minimum absolute atomic E-state index is 0.120. The van der Waals surface area contributed by atoms with Crippen molar-refractivity contribution in [1.29, 1.82) is 0 Å². The van der Waals surface area contributed by atoms with E-state index in [4.69, 9.17) is 9.97 Å². The molecule has 0 spiro atoms. The number of benzene rings is 1. The van der Waals surface area contributed by atoms with Crippen molar-refractivity contribution in [3.05, 3.63) is 58.4 Å². The molecule has 7 heteroatoms. The lowest BCUT2D eigenvalue weighted by atomic mass is 9.84. The number of aromatic nitrogens is 2. The largest absolute Gasteiger partial charge is 0.352 e. The maximum atomic E-state index is 13.0. The molecule has 1 aromatic heterocycles. The summed E-state index contributed by atoms with van der Waals surface area (Å²) in [5.41, 5.74) is 3.30. The number of rotatable bonds is 6. The van der Waals surface area contributed by atoms with Crippen molar-refractivity contribution in [1.82, 2.24) is 20.2 Å². The van der Waals surface area contributed by atoms with Crippen LogP contribution in [0.25, 0.3) is 0 Å². The van der Waals surface area contributed by atoms with Crippen molar-refractivity contribution in [3.8, 4) is 0 Å². The summed E-state index contributed by atoms with van der Waals surface area (Å²) in [5, 5.41) is 2.87. The molecule has 0 bridgehead atoms. The number of nitrogens with one attached hydrogen (secondary N) is 1. The molecule has 1 saturated heterocycles. The van der Waals surface area contributed by atoms with Crippen molar-refractivity contribution in [3.63, 3.8) is 0 Å². The zero-order valence-electron chi connectivity index (χ0n) is 18.2. The zero-order chi connectivity index (χ0) is 22.0. The van der Waals surface area contributed by atoms with Crippen LogP contribution in [0.3, 0.4) is 0 Å². The van der Waals surface area contributed by atoms with Crippen LogP contribution < -0.4 is 5.32 Å². The third kappa shape index (κ3) is 4.92. The molecule has 1 atom stereocenters. The number of likely N-dealkylation sites (tertiary alicyclic amines) is 1. The van der Waals surface area contributed by atoms with Crippen LogP contribution in [0.4, 0.5) is 4.39 Å². The Morgan fingerprint density at radius 2 is 1.77 bits per heavy atom. The summed E-state index contributed by atoms with van der Waals surface area (Å²) in [6.45, 7) is 5.63. The highest BCUT2D eigenvalue weighted by Crippen LogP contribution is 2.32. The summed E-state index contributed by atoms with van der Waals surface area (Å²) < 4.78 is 13.0. The second kappa shape index (κ2) is 9.12. The molecule has 1 aliphatic carbocycles. The van der Waals surface area contributed by atoms with Gasteiger partial charge in [0.2, 0.25) is 11.8 Å². The van der Waals surface area contributed by atoms with E-state index >= 15 is 0 Å². The van der Waals surface area contributed by atoms with Crippen LogP contribution in [0.5, 0.6) is 0 Å². The first-order valence-electron chi connectivity index (χ1n) is 11.0. The SMILES string of the molecule is Cc1nc([C@H]2CCN(C(=O)C3CCC3)C2)nc(C)c1CC(=O)NCc1ccc(F)cc1. The topological polar surface area (TPSA) is 75.2 Å². The molecule has 2 heterocycles. The molecular weight excluding hydrogens is 395 g/mol. The first kappa shape index (κ1) is 21.4. The number of amides is 2. The van der Waals surface area contributed by atoms with Crippen LogP contribution in [0.15, 0.2) is 24.3 Å². The van der Waals surface area contributed by atoms with E-state index in [9.17, 15) is 14.0 Å². The fourth-order valence-corrected chi connectivity index (χ4v) is 4.31. The van der Waals surface area contributed by atoms with Crippen LogP contribution in [0.2, 0.25) is 0 Å². The Morgan fingerprint density at radius 3 is 2.39 bits per heavy atom. The minimum atomic E-state index is -0.295. The van der Waals surface area contributed by atoms with E-state index in [0.29, 0.717) is 13.1 Å². The van der Waals surface area contributed by atoms with E-state index in [0.717, 1.165) is 60.6 Å². The lowest BCUT2D eigenvalue weighted by molar-refractivity contribution is -0.137. The third-order valence-electron chi connectivity index (χ3n) is 6.50. The van der Waals surface area contributed by atoms with Crippen molar-refractivity contribution < 1.29 is 14.0 Å². The van der Waals surface area contributed by atoms with Crippen LogP contribution in [-0.4, -0.2) is 39.8 Å². The van der Waals surface area contributed by atoms with Gasteiger partial charge in [-0.2, -0.15) is 0 Å². The molecule has 1 aromatic carbocycles. The molecule has 1 N–H and O–H groups in total. The Bertz CT molecular complexity index is 949. The van der Waals surface area contributed by atoms with E-state index < -0.39 is 0 Å². The number of carbonyl (C=O) groups excluding carboxylic acids is 2. The van der Waals surface area contributed by atoms with Gasteiger partial charge in [-0.25, -0.2) is 14.4 Å². The maximum absolute atomic E-state index is 13.0. The Hall–Kier alpha value is -2.83. The molecule has 164 valence electrons. The van der Waals surface area contributed by atoms with Crippen LogP contribution >= 0.6 is 0 Å². The predicted octanol–water partition coefficient (Wildman–Crippen LogP) is 3.21. The monoisotopic (exact) mass is 424 g/mol. The number of halogens is 1. The molecule has 1 aliphatic heterocycles. The van der Waals surface area contributed by atoms with Gasteiger partial charge in [0.05, 0.1) is 6.42 Å². The smallest absolute Gasteiger partial charge is 0.225 e. The van der Waals surface area contributed by atoms with Crippen molar-refractivity contribution in [2.24, 2.45) is 5.92 Å². The summed E-state index contributed by atoms with van der Waals surface area (Å²) in [7, 11) is 0. The second-order valence-electron chi connectivity index (χ2n) is 8.71. The number of carbonyl (C=O) groups is 2. The molecule has 2 aromatic rings. The summed E-state index contributed by atoms with van der Waals surface area (Å²) in [5.74, 6) is 1.02. The molecule has 6 nitrogen and oxygen atoms in total.